The van der Waals surface area contributed by atoms with Gasteiger partial charge in [-0.15, -0.1) is 11.3 Å². The molecule has 1 fully saturated rings. The molecule has 0 saturated carbocycles. The maximum atomic E-state index is 12.6. The molecule has 0 spiro atoms. The van der Waals surface area contributed by atoms with Crippen LogP contribution in [0.1, 0.15) is 52.5 Å². The smallest absolute Gasteiger partial charge is 0.342 e. The molecule has 2 atom stereocenters. The lowest BCUT2D eigenvalue weighted by atomic mass is 9.89. The fourth-order valence-corrected chi connectivity index (χ4v) is 5.43. The Morgan fingerprint density at radius 1 is 1.31 bits per heavy atom. The Morgan fingerprint density at radius 2 is 2.16 bits per heavy atom. The highest BCUT2D eigenvalue weighted by molar-refractivity contribution is 7.16. The average molecular weight is 455 g/mol. The Hall–Kier alpha value is -2.89. The van der Waals surface area contributed by atoms with Gasteiger partial charge in [0.05, 0.1) is 11.7 Å². The van der Waals surface area contributed by atoms with E-state index in [0.29, 0.717) is 28.8 Å². The summed E-state index contributed by atoms with van der Waals surface area (Å²) in [5.74, 6) is -0.137. The third-order valence-electron chi connectivity index (χ3n) is 5.77. The second kappa shape index (κ2) is 10.2. The topological polar surface area (TPSA) is 97.7 Å². The molecule has 0 bridgehead atoms. The predicted octanol–water partition coefficient (Wildman–Crippen LogP) is 4.10. The Morgan fingerprint density at radius 3 is 2.94 bits per heavy atom. The number of nitriles is 1. The first-order valence-electron chi connectivity index (χ1n) is 10.9. The van der Waals surface area contributed by atoms with Crippen LogP contribution in [0.4, 0.5) is 5.00 Å². The molecule has 2 aromatic rings. The van der Waals surface area contributed by atoms with Crippen LogP contribution in [0.3, 0.4) is 0 Å². The number of ether oxygens (including phenoxy) is 3. The number of carbonyl (C=O) groups excluding carboxylic acids is 2. The average Bonchev–Trinajstić information content (AvgIpc) is 3.43. The van der Waals surface area contributed by atoms with Crippen molar-refractivity contribution in [1.82, 2.24) is 0 Å². The van der Waals surface area contributed by atoms with Gasteiger partial charge in [-0.3, -0.25) is 4.79 Å². The van der Waals surface area contributed by atoms with Crippen LogP contribution in [0.2, 0.25) is 0 Å². The molecule has 1 aliphatic carbocycles. The maximum Gasteiger partial charge on any atom is 0.342 e. The molecule has 1 amide bonds. The number of carbonyl (C=O) groups is 2. The minimum atomic E-state index is -0.636. The molecule has 32 heavy (non-hydrogen) atoms. The van der Waals surface area contributed by atoms with Crippen molar-refractivity contribution in [2.45, 2.75) is 45.1 Å². The Bertz CT molecular complexity index is 1040. The zero-order valence-electron chi connectivity index (χ0n) is 18.0. The number of anilines is 1. The maximum absolute atomic E-state index is 12.6. The van der Waals surface area contributed by atoms with Gasteiger partial charge in [0.1, 0.15) is 29.0 Å². The van der Waals surface area contributed by atoms with Gasteiger partial charge in [-0.1, -0.05) is 19.1 Å². The van der Waals surface area contributed by atoms with Crippen LogP contribution >= 0.6 is 11.3 Å². The molecule has 2 aliphatic rings. The molecule has 1 saturated heterocycles. The number of nitrogens with zero attached hydrogens (tertiary/aromatic N) is 1. The van der Waals surface area contributed by atoms with Crippen LogP contribution in [0.15, 0.2) is 24.3 Å². The molecule has 7 nitrogen and oxygen atoms in total. The summed E-state index contributed by atoms with van der Waals surface area (Å²) in [6.07, 6.45) is 4.78. The number of rotatable bonds is 7. The van der Waals surface area contributed by atoms with Gasteiger partial charge in [-0.05, 0) is 55.7 Å². The van der Waals surface area contributed by atoms with E-state index in [9.17, 15) is 14.9 Å². The second-order valence-electron chi connectivity index (χ2n) is 8.23. The SMILES string of the molecule is CC1CCc2c(sc(NC(=O)COC(=O)c3ccccc3OCC3CCCO3)c2C#N)C1. The van der Waals surface area contributed by atoms with E-state index in [1.807, 2.05) is 0 Å². The Labute approximate surface area is 191 Å². The van der Waals surface area contributed by atoms with E-state index < -0.39 is 18.5 Å². The van der Waals surface area contributed by atoms with Crippen LogP contribution in [-0.2, 0) is 27.1 Å². The summed E-state index contributed by atoms with van der Waals surface area (Å²) in [5, 5.41) is 12.9. The largest absolute Gasteiger partial charge is 0.490 e. The molecule has 1 N–H and O–H groups in total. The van der Waals surface area contributed by atoms with E-state index in [-0.39, 0.29) is 11.7 Å². The molecule has 2 unspecified atom stereocenters. The summed E-state index contributed by atoms with van der Waals surface area (Å²) < 4.78 is 16.5. The first-order valence-corrected chi connectivity index (χ1v) is 11.7. The lowest BCUT2D eigenvalue weighted by Crippen LogP contribution is -2.22. The highest BCUT2D eigenvalue weighted by atomic mass is 32.1. The first-order chi connectivity index (χ1) is 15.5. The zero-order valence-corrected chi connectivity index (χ0v) is 18.8. The normalized spacial score (nSPS) is 19.6. The van der Waals surface area contributed by atoms with Crippen molar-refractivity contribution in [2.24, 2.45) is 5.92 Å². The van der Waals surface area contributed by atoms with E-state index >= 15 is 0 Å². The molecule has 1 aromatic carbocycles. The fourth-order valence-electron chi connectivity index (χ4n) is 4.05. The van der Waals surface area contributed by atoms with Crippen LogP contribution in [-0.4, -0.2) is 37.8 Å². The minimum absolute atomic E-state index is 0.0267. The van der Waals surface area contributed by atoms with E-state index in [2.05, 4.69) is 18.3 Å². The van der Waals surface area contributed by atoms with E-state index in [1.54, 1.807) is 24.3 Å². The van der Waals surface area contributed by atoms with Crippen LogP contribution in [0.25, 0.3) is 0 Å². The Kier molecular flexibility index (Phi) is 7.08. The van der Waals surface area contributed by atoms with E-state index in [0.717, 1.165) is 49.2 Å². The summed E-state index contributed by atoms with van der Waals surface area (Å²) in [7, 11) is 0. The fraction of sp³-hybridized carbons (Fsp3) is 0.458. The molecule has 1 aromatic heterocycles. The minimum Gasteiger partial charge on any atom is -0.490 e. The van der Waals surface area contributed by atoms with Gasteiger partial charge in [-0.2, -0.15) is 5.26 Å². The number of benzene rings is 1. The predicted molar refractivity (Wildman–Crippen MR) is 120 cm³/mol. The monoisotopic (exact) mass is 454 g/mol. The van der Waals surface area contributed by atoms with E-state index in [4.69, 9.17) is 14.2 Å². The lowest BCUT2D eigenvalue weighted by Gasteiger charge is -2.17. The lowest BCUT2D eigenvalue weighted by molar-refractivity contribution is -0.119. The van der Waals surface area contributed by atoms with Gasteiger partial charge in [0.2, 0.25) is 0 Å². The number of hydrogen-bond donors (Lipinski definition) is 1. The summed E-state index contributed by atoms with van der Waals surface area (Å²) >= 11 is 1.44. The summed E-state index contributed by atoms with van der Waals surface area (Å²) in [5.41, 5.74) is 1.83. The highest BCUT2D eigenvalue weighted by Gasteiger charge is 2.25. The molecule has 0 radical (unpaired) electrons. The number of fused-ring (bicyclic) bond motifs is 1. The van der Waals surface area contributed by atoms with Crippen LogP contribution in [0, 0.1) is 17.2 Å². The van der Waals surface area contributed by atoms with Gasteiger partial charge < -0.3 is 19.5 Å². The molecule has 2 heterocycles. The standard InChI is InChI=1S/C24H26N2O5S/c1-15-8-9-17-19(12-25)23(32-21(17)11-15)26-22(27)14-31-24(28)18-6-2-3-7-20(18)30-13-16-5-4-10-29-16/h2-3,6-7,15-16H,4-5,8-11,13-14H2,1H3,(H,26,27). The van der Waals surface area contributed by atoms with Gasteiger partial charge in [0.15, 0.2) is 6.61 Å². The molecule has 4 rings (SSSR count). The molecule has 1 aliphatic heterocycles. The summed E-state index contributed by atoms with van der Waals surface area (Å²) in [6, 6.07) is 9.01. The number of nitrogens with one attached hydrogen (secondary N) is 1. The van der Waals surface area contributed by atoms with Crippen molar-refractivity contribution in [1.29, 1.82) is 5.26 Å². The van der Waals surface area contributed by atoms with Crippen molar-refractivity contribution < 1.29 is 23.8 Å². The highest BCUT2D eigenvalue weighted by Crippen LogP contribution is 2.39. The number of amides is 1. The van der Waals surface area contributed by atoms with Crippen molar-refractivity contribution in [3.63, 3.8) is 0 Å². The van der Waals surface area contributed by atoms with Gasteiger partial charge >= 0.3 is 5.97 Å². The van der Waals surface area contributed by atoms with Gasteiger partial charge in [-0.25, -0.2) is 4.79 Å². The molecular weight excluding hydrogens is 428 g/mol. The molecular formula is C24H26N2O5S. The quantitative estimate of drug-likeness (QED) is 0.633. The second-order valence-corrected chi connectivity index (χ2v) is 9.34. The van der Waals surface area contributed by atoms with Crippen molar-refractivity contribution in [3.05, 3.63) is 45.8 Å². The third-order valence-corrected chi connectivity index (χ3v) is 6.94. The molecule has 8 heteroatoms. The number of hydrogen-bond acceptors (Lipinski definition) is 7. The number of esters is 1. The molecule has 168 valence electrons. The summed E-state index contributed by atoms with van der Waals surface area (Å²) in [4.78, 5) is 26.2. The number of para-hydroxylation sites is 1. The zero-order chi connectivity index (χ0) is 22.5. The number of thiophene rings is 1. The van der Waals surface area contributed by atoms with Crippen LogP contribution < -0.4 is 10.1 Å². The van der Waals surface area contributed by atoms with Gasteiger partial charge in [0, 0.05) is 11.5 Å². The third kappa shape index (κ3) is 5.12. The summed E-state index contributed by atoms with van der Waals surface area (Å²) in [6.45, 7) is 2.84. The Balaban J connectivity index is 1.35. The van der Waals surface area contributed by atoms with E-state index in [1.165, 1.54) is 11.3 Å². The van der Waals surface area contributed by atoms with Crippen molar-refractivity contribution in [3.8, 4) is 11.8 Å². The van der Waals surface area contributed by atoms with Crippen molar-refractivity contribution >= 4 is 28.2 Å². The van der Waals surface area contributed by atoms with Crippen molar-refractivity contribution in [2.75, 3.05) is 25.1 Å². The first kappa shape index (κ1) is 22.3. The van der Waals surface area contributed by atoms with Crippen LogP contribution in [0.5, 0.6) is 5.75 Å². The van der Waals surface area contributed by atoms with Gasteiger partial charge in [0.25, 0.3) is 5.91 Å².